The normalized spacial score (nSPS) is 15.1. The average Bonchev–Trinajstić information content (AvgIpc) is 1.60. The quantitative estimate of drug-likeness (QED) is 0.361. The van der Waals surface area contributed by atoms with Gasteiger partial charge in [-0.15, -0.1) is 0 Å². The van der Waals surface area contributed by atoms with E-state index in [1.165, 1.54) is 0 Å². The van der Waals surface area contributed by atoms with Crippen LogP contribution >= 0.6 is 0 Å². The van der Waals surface area contributed by atoms with Crippen molar-refractivity contribution in [2.45, 2.75) is 0 Å². The van der Waals surface area contributed by atoms with Crippen LogP contribution in [0.3, 0.4) is 0 Å². The molecule has 0 aromatic carbocycles. The molecule has 1 rings (SSSR count). The number of hydrogen-bond acceptors (Lipinski definition) is 6. The molecule has 0 aliphatic carbocycles. The van der Waals surface area contributed by atoms with Gasteiger partial charge in [-0.25, -0.2) is 0 Å². The summed E-state index contributed by atoms with van der Waals surface area (Å²) >= 11 is -3.42. The predicted molar refractivity (Wildman–Crippen MR) is 19.6 cm³/mol. The third-order valence-electron chi connectivity index (χ3n) is 0.516. The Hall–Kier alpha value is -0.678. The van der Waals surface area contributed by atoms with Gasteiger partial charge in [0.1, 0.15) is 0 Å². The van der Waals surface area contributed by atoms with Crippen LogP contribution in [-0.4, -0.2) is 34.2 Å². The third-order valence-corrected chi connectivity index (χ3v) is 4.53. The molecule has 0 spiro atoms. The van der Waals surface area contributed by atoms with Gasteiger partial charge in [0, 0.05) is 0 Å². The van der Waals surface area contributed by atoms with Gasteiger partial charge in [-0.1, -0.05) is 0 Å². The first kappa shape index (κ1) is 6.44. The molecule has 9 heteroatoms. The summed E-state index contributed by atoms with van der Waals surface area (Å²) in [4.78, 5) is 19.2. The fraction of sp³-hybridized carbons (Fsp3) is 0. The van der Waals surface area contributed by atoms with Crippen molar-refractivity contribution in [1.82, 2.24) is 0 Å². The zero-order valence-electron chi connectivity index (χ0n) is 3.92. The first-order valence-electron chi connectivity index (χ1n) is 1.80. The topological polar surface area (TPSA) is 90.9 Å². The van der Waals surface area contributed by atoms with Crippen LogP contribution in [0, 0.1) is 15.0 Å². The summed E-state index contributed by atoms with van der Waals surface area (Å²) in [6, 6.07) is 0. The fourth-order valence-corrected chi connectivity index (χ4v) is 2.26. The van der Waals surface area contributed by atoms with Gasteiger partial charge in [0.25, 0.3) is 0 Å². The van der Waals surface area contributed by atoms with E-state index in [1.807, 2.05) is 0 Å². The Kier molecular flexibility index (Phi) is 1.63. The van der Waals surface area contributed by atoms with Gasteiger partial charge in [-0.05, 0) is 0 Å². The van der Waals surface area contributed by atoms with E-state index in [0.29, 0.717) is 0 Å². The second kappa shape index (κ2) is 2.28. The molecule has 48 valence electrons. The van der Waals surface area contributed by atoms with Crippen LogP contribution < -0.4 is 0 Å². The zero-order valence-corrected chi connectivity index (χ0v) is 8.41. The van der Waals surface area contributed by atoms with Crippen molar-refractivity contribution in [3.8, 4) is 0 Å². The molecule has 0 bridgehead atoms. The van der Waals surface area contributed by atoms with Crippen LogP contribution in [0.5, 0.6) is 0 Å². The maximum absolute atomic E-state index is 9.72. The molecular formula is N2O6Tl+. The van der Waals surface area contributed by atoms with Crippen molar-refractivity contribution in [2.75, 3.05) is 0 Å². The van der Waals surface area contributed by atoms with E-state index < -0.39 is 29.1 Å². The second-order valence-electron chi connectivity index (χ2n) is 1.05. The number of rotatable bonds is 2. The van der Waals surface area contributed by atoms with Crippen LogP contribution in [0.15, 0.2) is 0 Å². The monoisotopic (exact) mass is 329 g/mol. The number of nitrogens with zero attached hydrogens (tertiary/aromatic N) is 2. The Balaban J connectivity index is 2.18. The molecule has 9 heavy (non-hydrogen) atoms. The van der Waals surface area contributed by atoms with Gasteiger partial charge in [0.15, 0.2) is 0 Å². The molecule has 0 aromatic heterocycles. The predicted octanol–water partition coefficient (Wildman–Crippen LogP) is -1.16. The Bertz CT molecular complexity index is 145. The van der Waals surface area contributed by atoms with E-state index in [1.54, 1.807) is 0 Å². The van der Waals surface area contributed by atoms with Crippen LogP contribution in [0.25, 0.3) is 0 Å². The average molecular weight is 328 g/mol. The van der Waals surface area contributed by atoms with Gasteiger partial charge < -0.3 is 0 Å². The summed E-state index contributed by atoms with van der Waals surface area (Å²) in [5, 5.41) is 8.24. The van der Waals surface area contributed by atoms with Gasteiger partial charge in [0.05, 0.1) is 0 Å². The third kappa shape index (κ3) is 1.62. The Labute approximate surface area is 58.0 Å². The van der Waals surface area contributed by atoms with Crippen molar-refractivity contribution in [2.24, 2.45) is 0 Å². The molecule has 0 atom stereocenters. The summed E-state index contributed by atoms with van der Waals surface area (Å²) in [6.07, 6.45) is 0. The van der Waals surface area contributed by atoms with Gasteiger partial charge in [-0.2, -0.15) is 0 Å². The van der Waals surface area contributed by atoms with E-state index in [0.717, 1.165) is 0 Å². The molecule has 0 radical (unpaired) electrons. The first-order chi connectivity index (χ1) is 4.18. The van der Waals surface area contributed by atoms with E-state index in [4.69, 9.17) is 0 Å². The van der Waals surface area contributed by atoms with Gasteiger partial charge >= 0.3 is 57.6 Å². The minimum absolute atomic E-state index is 0.199. The van der Waals surface area contributed by atoms with Crippen LogP contribution in [0.1, 0.15) is 0 Å². The summed E-state index contributed by atoms with van der Waals surface area (Å²) in [6.45, 7) is 0. The van der Waals surface area contributed by atoms with E-state index >= 15 is 0 Å². The van der Waals surface area contributed by atoms with Crippen LogP contribution in [0.2, 0.25) is 0 Å². The molecule has 0 N–H and O–H groups in total. The molecule has 0 unspecified atom stereocenters. The fourth-order valence-electron chi connectivity index (χ4n) is 0.257. The van der Waals surface area contributed by atoms with Gasteiger partial charge in [-0.3, -0.25) is 0 Å². The second-order valence-corrected chi connectivity index (χ2v) is 5.76. The molecule has 0 aromatic rings. The molecule has 1 aliphatic heterocycles. The molecule has 0 saturated carbocycles. The Morgan fingerprint density at radius 3 is 2.56 bits per heavy atom. The van der Waals surface area contributed by atoms with Crippen molar-refractivity contribution in [3.63, 3.8) is 0 Å². The standard InChI is InChI=1S/2NO3.Tl/c2*2-1(3)4;/q2*-1;+3. The summed E-state index contributed by atoms with van der Waals surface area (Å²) in [5.74, 6) is 0. The van der Waals surface area contributed by atoms with Crippen molar-refractivity contribution in [1.29, 1.82) is 0 Å². The molecule has 1 heterocycles. The Morgan fingerprint density at radius 1 is 1.67 bits per heavy atom. The molecule has 1 aliphatic rings. The summed E-state index contributed by atoms with van der Waals surface area (Å²) < 4.78 is 11.9. The first-order valence-corrected chi connectivity index (χ1v) is 7.30. The van der Waals surface area contributed by atoms with Crippen LogP contribution in [0.4, 0.5) is 0 Å². The van der Waals surface area contributed by atoms with E-state index in [-0.39, 0.29) is 5.09 Å². The van der Waals surface area contributed by atoms with Crippen LogP contribution in [-0.2, 0) is 8.36 Å². The molecule has 1 saturated heterocycles. The molecule has 8 nitrogen and oxygen atoms in total. The van der Waals surface area contributed by atoms with E-state index in [2.05, 4.69) is 8.36 Å². The molecule has 1 fully saturated rings. The molecule has 0 amide bonds. The van der Waals surface area contributed by atoms with Gasteiger partial charge in [0.2, 0.25) is 0 Å². The molecular weight excluding hydrogens is 328 g/mol. The summed E-state index contributed by atoms with van der Waals surface area (Å²) in [5.41, 5.74) is 0. The van der Waals surface area contributed by atoms with Crippen molar-refractivity contribution >= 4 is 24.1 Å². The number of hydrogen-bond donors (Lipinski definition) is 0. The Morgan fingerprint density at radius 2 is 2.22 bits per heavy atom. The SMILES string of the molecule is O=[N+]([O-])[O][Tl]1[O][N+](=O)[O]1. The minimum atomic E-state index is -3.42. The summed E-state index contributed by atoms with van der Waals surface area (Å²) in [7, 11) is 0. The van der Waals surface area contributed by atoms with E-state index in [9.17, 15) is 15.0 Å². The maximum atomic E-state index is 9.72. The van der Waals surface area contributed by atoms with Crippen molar-refractivity contribution < 1.29 is 18.5 Å². The zero-order chi connectivity index (χ0) is 6.85. The van der Waals surface area contributed by atoms with Crippen molar-refractivity contribution in [3.05, 3.63) is 15.0 Å².